The van der Waals surface area contributed by atoms with Gasteiger partial charge in [0, 0.05) is 12.6 Å². The smallest absolute Gasteiger partial charge is 0.0297 e. The summed E-state index contributed by atoms with van der Waals surface area (Å²) in [6, 6.07) is 17.5. The van der Waals surface area contributed by atoms with E-state index >= 15 is 0 Å². The zero-order valence-electron chi connectivity index (χ0n) is 11.4. The number of benzene rings is 2. The van der Waals surface area contributed by atoms with Gasteiger partial charge in [-0.3, -0.25) is 0 Å². The van der Waals surface area contributed by atoms with Crippen molar-refractivity contribution >= 4 is 0 Å². The van der Waals surface area contributed by atoms with Gasteiger partial charge in [-0.2, -0.15) is 0 Å². The normalized spacial score (nSPS) is 12.4. The van der Waals surface area contributed by atoms with Gasteiger partial charge in [-0.25, -0.2) is 0 Å². The van der Waals surface area contributed by atoms with E-state index in [4.69, 9.17) is 0 Å². The van der Waals surface area contributed by atoms with Crippen LogP contribution < -0.4 is 5.32 Å². The largest absolute Gasteiger partial charge is 0.306 e. The van der Waals surface area contributed by atoms with Crippen molar-refractivity contribution in [3.8, 4) is 0 Å². The standard InChI is InChI=1S/C17H21N/c1-13-8-4-6-10-16(13)12-18-15(3)17-11-7-5-9-14(17)2/h4-11,15,18H,12H2,1-3H3. The minimum absolute atomic E-state index is 0.380. The second kappa shape index (κ2) is 5.83. The molecule has 94 valence electrons. The van der Waals surface area contributed by atoms with Crippen molar-refractivity contribution in [1.29, 1.82) is 0 Å². The predicted octanol–water partition coefficient (Wildman–Crippen LogP) is 4.15. The molecule has 1 N–H and O–H groups in total. The zero-order chi connectivity index (χ0) is 13.0. The Hall–Kier alpha value is -1.60. The summed E-state index contributed by atoms with van der Waals surface area (Å²) < 4.78 is 0. The van der Waals surface area contributed by atoms with E-state index in [1.54, 1.807) is 0 Å². The zero-order valence-corrected chi connectivity index (χ0v) is 11.4. The molecule has 2 aromatic carbocycles. The van der Waals surface area contributed by atoms with Gasteiger partial charge in [-0.15, -0.1) is 0 Å². The second-order valence-corrected chi connectivity index (χ2v) is 4.89. The van der Waals surface area contributed by atoms with E-state index in [9.17, 15) is 0 Å². The third kappa shape index (κ3) is 2.99. The molecular weight excluding hydrogens is 218 g/mol. The molecule has 0 heterocycles. The third-order valence-corrected chi connectivity index (χ3v) is 3.51. The van der Waals surface area contributed by atoms with Gasteiger partial charge in [0.25, 0.3) is 0 Å². The summed E-state index contributed by atoms with van der Waals surface area (Å²) in [4.78, 5) is 0. The first-order chi connectivity index (χ1) is 8.68. The Labute approximate surface area is 110 Å². The van der Waals surface area contributed by atoms with Crippen LogP contribution in [0.1, 0.15) is 35.2 Å². The summed E-state index contributed by atoms with van der Waals surface area (Å²) in [6.45, 7) is 7.47. The highest BCUT2D eigenvalue weighted by atomic mass is 14.9. The quantitative estimate of drug-likeness (QED) is 0.845. The maximum atomic E-state index is 3.60. The average Bonchev–Trinajstić information content (AvgIpc) is 2.38. The Morgan fingerprint density at radius 3 is 2.17 bits per heavy atom. The molecule has 1 unspecified atom stereocenters. The van der Waals surface area contributed by atoms with Gasteiger partial charge in [0.15, 0.2) is 0 Å². The molecule has 18 heavy (non-hydrogen) atoms. The van der Waals surface area contributed by atoms with Crippen molar-refractivity contribution in [3.63, 3.8) is 0 Å². The van der Waals surface area contributed by atoms with E-state index in [1.807, 2.05) is 0 Å². The molecule has 1 nitrogen and oxygen atoms in total. The Morgan fingerprint density at radius 2 is 1.50 bits per heavy atom. The molecule has 0 bridgehead atoms. The monoisotopic (exact) mass is 239 g/mol. The molecule has 0 aliphatic carbocycles. The molecule has 0 amide bonds. The topological polar surface area (TPSA) is 12.0 Å². The van der Waals surface area contributed by atoms with E-state index in [0.29, 0.717) is 6.04 Å². The van der Waals surface area contributed by atoms with Crippen LogP contribution in [-0.4, -0.2) is 0 Å². The number of nitrogens with one attached hydrogen (secondary N) is 1. The molecule has 0 spiro atoms. The molecule has 1 atom stereocenters. The van der Waals surface area contributed by atoms with Gasteiger partial charge < -0.3 is 5.32 Å². The molecule has 1 heteroatoms. The lowest BCUT2D eigenvalue weighted by atomic mass is 10.0. The van der Waals surface area contributed by atoms with E-state index in [0.717, 1.165) is 6.54 Å². The van der Waals surface area contributed by atoms with Crippen LogP contribution in [0.2, 0.25) is 0 Å². The van der Waals surface area contributed by atoms with Crippen molar-refractivity contribution in [2.75, 3.05) is 0 Å². The molecule has 0 aliphatic rings. The van der Waals surface area contributed by atoms with Gasteiger partial charge >= 0.3 is 0 Å². The fourth-order valence-electron chi connectivity index (χ4n) is 2.25. The molecule has 0 radical (unpaired) electrons. The van der Waals surface area contributed by atoms with Gasteiger partial charge in [0.2, 0.25) is 0 Å². The number of aryl methyl sites for hydroxylation is 2. The van der Waals surface area contributed by atoms with Crippen molar-refractivity contribution in [2.45, 2.75) is 33.4 Å². The van der Waals surface area contributed by atoms with Crippen LogP contribution in [0.5, 0.6) is 0 Å². The van der Waals surface area contributed by atoms with Crippen LogP contribution in [0.4, 0.5) is 0 Å². The summed E-state index contributed by atoms with van der Waals surface area (Å²) >= 11 is 0. The van der Waals surface area contributed by atoms with Crippen LogP contribution in [0.15, 0.2) is 48.5 Å². The fraction of sp³-hybridized carbons (Fsp3) is 0.294. The van der Waals surface area contributed by atoms with Crippen LogP contribution in [0.25, 0.3) is 0 Å². The summed E-state index contributed by atoms with van der Waals surface area (Å²) in [6.07, 6.45) is 0. The SMILES string of the molecule is Cc1ccccc1CNC(C)c1ccccc1C. The highest BCUT2D eigenvalue weighted by Gasteiger charge is 2.07. The molecule has 0 aromatic heterocycles. The molecule has 0 fully saturated rings. The summed E-state index contributed by atoms with van der Waals surface area (Å²) in [7, 11) is 0. The third-order valence-electron chi connectivity index (χ3n) is 3.51. The number of hydrogen-bond acceptors (Lipinski definition) is 1. The molecule has 2 aromatic rings. The van der Waals surface area contributed by atoms with Gasteiger partial charge in [-0.1, -0.05) is 48.5 Å². The number of hydrogen-bond donors (Lipinski definition) is 1. The van der Waals surface area contributed by atoms with Crippen LogP contribution >= 0.6 is 0 Å². The van der Waals surface area contributed by atoms with Gasteiger partial charge in [0.1, 0.15) is 0 Å². The van der Waals surface area contributed by atoms with E-state index < -0.39 is 0 Å². The molecule has 0 saturated heterocycles. The Kier molecular flexibility index (Phi) is 4.16. The average molecular weight is 239 g/mol. The van der Waals surface area contributed by atoms with Gasteiger partial charge in [0.05, 0.1) is 0 Å². The lowest BCUT2D eigenvalue weighted by Gasteiger charge is -2.17. The lowest BCUT2D eigenvalue weighted by molar-refractivity contribution is 0.571. The van der Waals surface area contributed by atoms with Crippen LogP contribution in [-0.2, 0) is 6.54 Å². The van der Waals surface area contributed by atoms with Crippen LogP contribution in [0.3, 0.4) is 0 Å². The minimum atomic E-state index is 0.380. The van der Waals surface area contributed by atoms with Crippen molar-refractivity contribution in [3.05, 3.63) is 70.8 Å². The maximum absolute atomic E-state index is 3.60. The fourth-order valence-corrected chi connectivity index (χ4v) is 2.25. The first-order valence-corrected chi connectivity index (χ1v) is 6.52. The number of rotatable bonds is 4. The van der Waals surface area contributed by atoms with Crippen molar-refractivity contribution in [1.82, 2.24) is 5.32 Å². The summed E-state index contributed by atoms with van der Waals surface area (Å²) in [5, 5.41) is 3.60. The van der Waals surface area contributed by atoms with Crippen LogP contribution in [0, 0.1) is 13.8 Å². The first kappa shape index (κ1) is 12.8. The molecule has 0 aliphatic heterocycles. The van der Waals surface area contributed by atoms with Crippen molar-refractivity contribution < 1.29 is 0 Å². The highest BCUT2D eigenvalue weighted by Crippen LogP contribution is 2.17. The summed E-state index contributed by atoms with van der Waals surface area (Å²) in [5.74, 6) is 0. The minimum Gasteiger partial charge on any atom is -0.306 e. The van der Waals surface area contributed by atoms with E-state index in [2.05, 4.69) is 74.6 Å². The molecule has 0 saturated carbocycles. The Bertz CT molecular complexity index is 517. The van der Waals surface area contributed by atoms with Gasteiger partial charge in [-0.05, 0) is 43.0 Å². The Balaban J connectivity index is 2.03. The highest BCUT2D eigenvalue weighted by molar-refractivity contribution is 5.29. The lowest BCUT2D eigenvalue weighted by Crippen LogP contribution is -2.19. The van der Waals surface area contributed by atoms with Crippen molar-refractivity contribution in [2.24, 2.45) is 0 Å². The molecule has 2 rings (SSSR count). The predicted molar refractivity (Wildman–Crippen MR) is 77.6 cm³/mol. The Morgan fingerprint density at radius 1 is 0.889 bits per heavy atom. The molecular formula is C17H21N. The summed E-state index contributed by atoms with van der Waals surface area (Å²) in [5.41, 5.74) is 5.45. The maximum Gasteiger partial charge on any atom is 0.0297 e. The first-order valence-electron chi connectivity index (χ1n) is 6.52. The second-order valence-electron chi connectivity index (χ2n) is 4.89. The van der Waals surface area contributed by atoms with E-state index in [-0.39, 0.29) is 0 Å². The van der Waals surface area contributed by atoms with E-state index in [1.165, 1.54) is 22.3 Å².